The van der Waals surface area contributed by atoms with E-state index in [2.05, 4.69) is 12.1 Å². The largest absolute Gasteiger partial charge is 0.504 e. The Bertz CT molecular complexity index is 1640. The van der Waals surface area contributed by atoms with Crippen LogP contribution in [0.4, 0.5) is 0 Å². The first-order chi connectivity index (χ1) is 18.4. The molecule has 0 saturated carbocycles. The first kappa shape index (κ1) is 25.0. The lowest BCUT2D eigenvalue weighted by Gasteiger charge is -2.17. The van der Waals surface area contributed by atoms with E-state index in [1.807, 2.05) is 61.0 Å². The number of ether oxygens (including phenoxy) is 4. The van der Waals surface area contributed by atoms with E-state index in [0.717, 1.165) is 44.6 Å². The van der Waals surface area contributed by atoms with E-state index in [1.165, 1.54) is 7.11 Å². The van der Waals surface area contributed by atoms with E-state index in [1.54, 1.807) is 33.9 Å². The fourth-order valence-electron chi connectivity index (χ4n) is 4.98. The van der Waals surface area contributed by atoms with Gasteiger partial charge >= 0.3 is 0 Å². The number of benzene rings is 3. The fraction of sp³-hybridized carbons (Fsp3) is 0.194. The van der Waals surface area contributed by atoms with Gasteiger partial charge in [-0.2, -0.15) is 4.57 Å². The monoisotopic (exact) mass is 512 g/mol. The van der Waals surface area contributed by atoms with Crippen LogP contribution >= 0.6 is 0 Å². The molecule has 5 rings (SSSR count). The molecule has 2 aromatic heterocycles. The highest BCUT2D eigenvalue weighted by atomic mass is 16.5. The summed E-state index contributed by atoms with van der Waals surface area (Å²) in [5.74, 6) is 2.07. The maximum atomic E-state index is 11.0. The molecule has 0 radical (unpaired) electrons. The number of hydrogen-bond donors (Lipinski definition) is 1. The number of rotatable bonds is 7. The average molecular weight is 513 g/mol. The lowest BCUT2D eigenvalue weighted by molar-refractivity contribution is -0.665. The van der Waals surface area contributed by atoms with Gasteiger partial charge in [-0.15, -0.1) is 0 Å². The summed E-state index contributed by atoms with van der Waals surface area (Å²) in [4.78, 5) is 0. The number of nitrogens with zero attached hydrogens (tertiary/aromatic N) is 1. The topological polar surface area (TPSA) is 74.2 Å². The van der Waals surface area contributed by atoms with Gasteiger partial charge in [-0.05, 0) is 41.5 Å². The summed E-state index contributed by atoms with van der Waals surface area (Å²) >= 11 is 0. The molecule has 7 heteroatoms. The summed E-state index contributed by atoms with van der Waals surface area (Å²) in [6, 6.07) is 18.1. The maximum absolute atomic E-state index is 11.0. The van der Waals surface area contributed by atoms with Gasteiger partial charge in [-0.1, -0.05) is 18.2 Å². The van der Waals surface area contributed by atoms with Crippen molar-refractivity contribution in [1.82, 2.24) is 0 Å². The summed E-state index contributed by atoms with van der Waals surface area (Å²) < 4.78 is 29.9. The third-order valence-electron chi connectivity index (χ3n) is 7.00. The second-order valence-corrected chi connectivity index (χ2v) is 8.95. The third kappa shape index (κ3) is 4.06. The Kier molecular flexibility index (Phi) is 6.59. The molecule has 7 nitrogen and oxygen atoms in total. The summed E-state index contributed by atoms with van der Waals surface area (Å²) in [5.41, 5.74) is 6.61. The van der Waals surface area contributed by atoms with Crippen LogP contribution in [0.2, 0.25) is 0 Å². The molecule has 0 aliphatic carbocycles. The van der Waals surface area contributed by atoms with E-state index in [9.17, 15) is 5.11 Å². The molecule has 2 heterocycles. The number of methoxy groups -OCH3 is 4. The molecule has 0 amide bonds. The van der Waals surface area contributed by atoms with Crippen LogP contribution in [-0.2, 0) is 7.05 Å². The van der Waals surface area contributed by atoms with E-state index < -0.39 is 0 Å². The van der Waals surface area contributed by atoms with Crippen LogP contribution in [0.5, 0.6) is 28.7 Å². The van der Waals surface area contributed by atoms with Gasteiger partial charge in [-0.3, -0.25) is 0 Å². The van der Waals surface area contributed by atoms with Crippen LogP contribution < -0.4 is 23.5 Å². The van der Waals surface area contributed by atoms with Gasteiger partial charge < -0.3 is 28.5 Å². The molecule has 3 aromatic carbocycles. The Balaban J connectivity index is 1.76. The minimum atomic E-state index is 0.0468. The number of furan rings is 1. The van der Waals surface area contributed by atoms with Gasteiger partial charge in [-0.25, -0.2) is 0 Å². The van der Waals surface area contributed by atoms with Crippen molar-refractivity contribution in [1.29, 1.82) is 0 Å². The molecule has 0 aliphatic heterocycles. The van der Waals surface area contributed by atoms with Gasteiger partial charge in [0.1, 0.15) is 7.05 Å². The van der Waals surface area contributed by atoms with Gasteiger partial charge in [0.05, 0.1) is 51.9 Å². The number of phenols is 1. The zero-order valence-electron chi connectivity index (χ0n) is 22.3. The Morgan fingerprint density at radius 1 is 0.737 bits per heavy atom. The number of phenolic OH excluding ortho intramolecular Hbond substituents is 1. The smallest absolute Gasteiger partial charge is 0.213 e. The number of aromatic nitrogens is 1. The minimum absolute atomic E-state index is 0.0468. The predicted molar refractivity (Wildman–Crippen MR) is 146 cm³/mol. The molecule has 0 spiro atoms. The Hall–Kier alpha value is -4.65. The summed E-state index contributed by atoms with van der Waals surface area (Å²) in [5, 5.41) is 12.5. The Morgan fingerprint density at radius 3 is 2.11 bits per heavy atom. The van der Waals surface area contributed by atoms with Crippen molar-refractivity contribution in [2.75, 3.05) is 28.4 Å². The van der Waals surface area contributed by atoms with Crippen LogP contribution in [0.25, 0.3) is 44.3 Å². The van der Waals surface area contributed by atoms with Crippen LogP contribution in [0.3, 0.4) is 0 Å². The molecule has 5 aromatic rings. The van der Waals surface area contributed by atoms with Crippen molar-refractivity contribution in [2.24, 2.45) is 7.05 Å². The first-order valence-electron chi connectivity index (χ1n) is 12.1. The van der Waals surface area contributed by atoms with Crippen LogP contribution in [0, 0.1) is 6.92 Å². The van der Waals surface area contributed by atoms with Gasteiger partial charge in [0.2, 0.25) is 11.4 Å². The second kappa shape index (κ2) is 10.0. The zero-order valence-corrected chi connectivity index (χ0v) is 22.3. The molecule has 38 heavy (non-hydrogen) atoms. The second-order valence-electron chi connectivity index (χ2n) is 8.95. The molecule has 0 atom stereocenters. The first-order valence-corrected chi connectivity index (χ1v) is 12.1. The molecule has 194 valence electrons. The molecule has 1 N–H and O–H groups in total. The van der Waals surface area contributed by atoms with Crippen molar-refractivity contribution in [2.45, 2.75) is 6.92 Å². The Morgan fingerprint density at radius 2 is 1.45 bits per heavy atom. The molecular formula is C31H30NO6+. The van der Waals surface area contributed by atoms with Gasteiger partial charge in [0, 0.05) is 29.5 Å². The van der Waals surface area contributed by atoms with Crippen LogP contribution in [-0.4, -0.2) is 33.5 Å². The van der Waals surface area contributed by atoms with E-state index in [0.29, 0.717) is 28.4 Å². The van der Waals surface area contributed by atoms with Crippen molar-refractivity contribution < 1.29 is 33.0 Å². The van der Waals surface area contributed by atoms with Crippen molar-refractivity contribution in [3.8, 4) is 62.3 Å². The molecule has 0 bridgehead atoms. The zero-order chi connectivity index (χ0) is 27.0. The normalized spacial score (nSPS) is 11.0. The van der Waals surface area contributed by atoms with Gasteiger partial charge in [0.25, 0.3) is 0 Å². The third-order valence-corrected chi connectivity index (χ3v) is 7.00. The van der Waals surface area contributed by atoms with E-state index >= 15 is 0 Å². The Labute approximate surface area is 221 Å². The van der Waals surface area contributed by atoms with Crippen molar-refractivity contribution in [3.63, 3.8) is 0 Å². The van der Waals surface area contributed by atoms with Gasteiger partial charge in [0.15, 0.2) is 28.7 Å². The van der Waals surface area contributed by atoms with E-state index in [4.69, 9.17) is 23.4 Å². The quantitative estimate of drug-likeness (QED) is 0.258. The molecule has 0 unspecified atom stereocenters. The van der Waals surface area contributed by atoms with Crippen LogP contribution in [0.1, 0.15) is 5.69 Å². The number of pyridine rings is 1. The molecule has 0 aliphatic rings. The summed E-state index contributed by atoms with van der Waals surface area (Å²) in [7, 11) is 8.31. The van der Waals surface area contributed by atoms with E-state index in [-0.39, 0.29) is 5.75 Å². The fourth-order valence-corrected chi connectivity index (χ4v) is 4.98. The number of aryl methyl sites for hydroxylation is 1. The number of fused-ring (bicyclic) bond motifs is 1. The highest BCUT2D eigenvalue weighted by Crippen LogP contribution is 2.46. The maximum Gasteiger partial charge on any atom is 0.213 e. The minimum Gasteiger partial charge on any atom is -0.504 e. The van der Waals surface area contributed by atoms with Crippen LogP contribution in [0.15, 0.2) is 71.5 Å². The summed E-state index contributed by atoms with van der Waals surface area (Å²) in [6.45, 7) is 1.97. The highest BCUT2D eigenvalue weighted by molar-refractivity contribution is 5.95. The molecule has 0 saturated heterocycles. The average Bonchev–Trinajstić information content (AvgIpc) is 3.49. The number of aromatic hydroxyl groups is 1. The molecular weight excluding hydrogens is 482 g/mol. The van der Waals surface area contributed by atoms with Crippen molar-refractivity contribution >= 4 is 10.8 Å². The molecule has 0 fully saturated rings. The highest BCUT2D eigenvalue weighted by Gasteiger charge is 2.25. The predicted octanol–water partition coefficient (Wildman–Crippen LogP) is 6.31. The standard InChI is InChI=1S/C31H29NO6/c1-18-28-23(16-27(35-4)31(37-6)29(28)33)14-25(32(18)2)22-13-24(30(36-5)26(15-22)34-3)20-9-7-8-19(12-20)21-10-11-38-17-21/h7-17H,1-6H3/p+1. The van der Waals surface area contributed by atoms with Crippen molar-refractivity contribution in [3.05, 3.63) is 72.8 Å². The number of hydrogen-bond acceptors (Lipinski definition) is 6. The SMILES string of the molecule is COc1cc(-c2cc3cc(OC)c(OC)c(O)c3c(C)[n+]2C)cc(-c2cccc(-c3ccoc3)c2)c1OC. The lowest BCUT2D eigenvalue weighted by atomic mass is 9.95. The summed E-state index contributed by atoms with van der Waals surface area (Å²) in [6.07, 6.45) is 3.39. The lowest BCUT2D eigenvalue weighted by Crippen LogP contribution is -2.35.